The zero-order valence-corrected chi connectivity index (χ0v) is 5.92. The fraction of sp³-hybridized carbons (Fsp3) is 0. The van der Waals surface area contributed by atoms with Crippen LogP contribution in [0.2, 0.25) is 0 Å². The van der Waals surface area contributed by atoms with Gasteiger partial charge in [-0.05, 0) is 11.5 Å². The first-order chi connectivity index (χ1) is 5.38. The molecule has 0 saturated carbocycles. The Morgan fingerprint density at radius 3 is 2.25 bits per heavy atom. The molecule has 0 aliphatic rings. The zero-order valence-electron chi connectivity index (χ0n) is 5.92. The maximum absolute atomic E-state index is 13.0. The van der Waals surface area contributed by atoms with Gasteiger partial charge in [0.2, 0.25) is 0 Å². The fourth-order valence-electron chi connectivity index (χ4n) is 1.19. The number of fused-ring (bicyclic) bond motifs is 1. The summed E-state index contributed by atoms with van der Waals surface area (Å²) >= 11 is 0. The quantitative estimate of drug-likeness (QED) is 0.532. The molecule has 0 heterocycles. The summed E-state index contributed by atoms with van der Waals surface area (Å²) in [5, 5.41) is 1.64. The van der Waals surface area contributed by atoms with Gasteiger partial charge >= 0.3 is 29.6 Å². The molecule has 0 radical (unpaired) electrons. The molecule has 0 amide bonds. The Morgan fingerprint density at radius 2 is 1.50 bits per heavy atom. The second-order valence-electron chi connectivity index (χ2n) is 2.46. The second-order valence-corrected chi connectivity index (χ2v) is 2.46. The summed E-state index contributed by atoms with van der Waals surface area (Å²) in [4.78, 5) is 0. The van der Waals surface area contributed by atoms with E-state index in [0.29, 0.717) is 5.39 Å². The molecule has 0 bridgehead atoms. The first-order valence-corrected chi connectivity index (χ1v) is 3.51. The number of rotatable bonds is 0. The molecule has 0 saturated heterocycles. The van der Waals surface area contributed by atoms with Crippen molar-refractivity contribution >= 4 is 40.3 Å². The van der Waals surface area contributed by atoms with Crippen LogP contribution in [-0.2, 0) is 0 Å². The van der Waals surface area contributed by atoms with Gasteiger partial charge < -0.3 is 0 Å². The second kappa shape index (κ2) is 4.04. The zero-order chi connectivity index (χ0) is 7.68. The molecule has 56 valence electrons. The van der Waals surface area contributed by atoms with Gasteiger partial charge in [-0.2, -0.15) is 0 Å². The minimum atomic E-state index is -0.150. The van der Waals surface area contributed by atoms with E-state index < -0.39 is 0 Å². The molecule has 0 nitrogen and oxygen atoms in total. The van der Waals surface area contributed by atoms with E-state index in [9.17, 15) is 4.39 Å². The van der Waals surface area contributed by atoms with Crippen LogP contribution in [0.3, 0.4) is 0 Å². The van der Waals surface area contributed by atoms with Crippen molar-refractivity contribution in [1.82, 2.24) is 0 Å². The van der Waals surface area contributed by atoms with E-state index in [-0.39, 0.29) is 35.4 Å². The van der Waals surface area contributed by atoms with Crippen LogP contribution < -0.4 is 0 Å². The molecule has 0 aliphatic heterocycles. The van der Waals surface area contributed by atoms with Gasteiger partial charge in [0.15, 0.2) is 0 Å². The van der Waals surface area contributed by atoms with Gasteiger partial charge in [0.1, 0.15) is 5.82 Å². The number of benzene rings is 2. The average Bonchev–Trinajstić information content (AvgIpc) is 2.06. The van der Waals surface area contributed by atoms with Crippen molar-refractivity contribution in [3.05, 3.63) is 48.3 Å². The Morgan fingerprint density at radius 1 is 0.833 bits per heavy atom. The van der Waals surface area contributed by atoms with Crippen molar-refractivity contribution in [2.24, 2.45) is 0 Å². The summed E-state index contributed by atoms with van der Waals surface area (Å²) in [5.41, 5.74) is 0. The van der Waals surface area contributed by atoms with Crippen molar-refractivity contribution in [3.8, 4) is 0 Å². The minimum absolute atomic E-state index is 0. The van der Waals surface area contributed by atoms with Gasteiger partial charge in [-0.1, -0.05) is 36.4 Å². The molecule has 2 rings (SSSR count). The Bertz CT molecular complexity index is 379. The molecular weight excluding hydrogens is 162 g/mol. The number of halogens is 1. The predicted molar refractivity (Wildman–Crippen MR) is 51.1 cm³/mol. The van der Waals surface area contributed by atoms with Gasteiger partial charge in [-0.25, -0.2) is 4.39 Å². The summed E-state index contributed by atoms with van der Waals surface area (Å²) in [7, 11) is 0. The van der Waals surface area contributed by atoms with Gasteiger partial charge in [-0.15, -0.1) is 0 Å². The van der Waals surface area contributed by atoms with Crippen LogP contribution in [-0.4, -0.2) is 29.6 Å². The van der Waals surface area contributed by atoms with Crippen LogP contribution >= 0.6 is 0 Å². The third-order valence-corrected chi connectivity index (χ3v) is 1.74. The molecule has 0 aromatic heterocycles. The molecule has 0 atom stereocenters. The van der Waals surface area contributed by atoms with E-state index in [1.165, 1.54) is 6.07 Å². The van der Waals surface area contributed by atoms with Crippen LogP contribution in [0.4, 0.5) is 4.39 Å². The van der Waals surface area contributed by atoms with Gasteiger partial charge in [0.25, 0.3) is 0 Å². The summed E-state index contributed by atoms with van der Waals surface area (Å²) in [6.45, 7) is 0. The summed E-state index contributed by atoms with van der Waals surface area (Å²) < 4.78 is 13.0. The molecule has 0 fully saturated rings. The molecule has 12 heavy (non-hydrogen) atoms. The third kappa shape index (κ3) is 1.69. The van der Waals surface area contributed by atoms with Crippen molar-refractivity contribution in [1.29, 1.82) is 0 Å². The molecular formula is C10H8FNa. The van der Waals surface area contributed by atoms with Crippen LogP contribution in [0.5, 0.6) is 0 Å². The van der Waals surface area contributed by atoms with Crippen molar-refractivity contribution in [3.63, 3.8) is 0 Å². The predicted octanol–water partition coefficient (Wildman–Crippen LogP) is 2.33. The Hall–Kier alpha value is -0.370. The molecule has 0 aliphatic carbocycles. The SMILES string of the molecule is Fc1cccc2ccccc12.[NaH]. The van der Waals surface area contributed by atoms with Crippen LogP contribution in [0.15, 0.2) is 42.5 Å². The third-order valence-electron chi connectivity index (χ3n) is 1.74. The number of hydrogen-bond donors (Lipinski definition) is 0. The standard InChI is InChI=1S/C10H7F.Na.H/c11-10-7-3-5-8-4-1-2-6-9(8)10;;/h1-7H;;. The van der Waals surface area contributed by atoms with E-state index in [1.807, 2.05) is 24.3 Å². The molecule has 0 unspecified atom stereocenters. The van der Waals surface area contributed by atoms with Gasteiger partial charge in [-0.3, -0.25) is 0 Å². The number of hydrogen-bond acceptors (Lipinski definition) is 0. The average molecular weight is 170 g/mol. The molecule has 0 spiro atoms. The van der Waals surface area contributed by atoms with E-state index in [2.05, 4.69) is 0 Å². The van der Waals surface area contributed by atoms with Crippen molar-refractivity contribution in [2.75, 3.05) is 0 Å². The van der Waals surface area contributed by atoms with Gasteiger partial charge in [0, 0.05) is 5.39 Å². The summed E-state index contributed by atoms with van der Waals surface area (Å²) in [5.74, 6) is -0.150. The Balaban J connectivity index is 0.000000720. The molecule has 2 aromatic carbocycles. The normalized spacial score (nSPS) is 9.42. The van der Waals surface area contributed by atoms with Crippen LogP contribution in [0.25, 0.3) is 10.8 Å². The first-order valence-electron chi connectivity index (χ1n) is 3.51. The van der Waals surface area contributed by atoms with E-state index in [1.54, 1.807) is 12.1 Å². The van der Waals surface area contributed by atoms with Gasteiger partial charge in [0.05, 0.1) is 0 Å². The Kier molecular flexibility index (Phi) is 3.27. The van der Waals surface area contributed by atoms with Crippen LogP contribution in [0.1, 0.15) is 0 Å². The fourth-order valence-corrected chi connectivity index (χ4v) is 1.19. The van der Waals surface area contributed by atoms with Crippen LogP contribution in [0, 0.1) is 5.82 Å². The monoisotopic (exact) mass is 170 g/mol. The summed E-state index contributed by atoms with van der Waals surface area (Å²) in [6, 6.07) is 12.5. The molecule has 2 aromatic rings. The van der Waals surface area contributed by atoms with Crippen molar-refractivity contribution in [2.45, 2.75) is 0 Å². The van der Waals surface area contributed by atoms with Crippen molar-refractivity contribution < 1.29 is 4.39 Å². The molecule has 0 N–H and O–H groups in total. The van der Waals surface area contributed by atoms with E-state index >= 15 is 0 Å². The topological polar surface area (TPSA) is 0 Å². The molecule has 2 heteroatoms. The Labute approximate surface area is 92.7 Å². The van der Waals surface area contributed by atoms with E-state index in [4.69, 9.17) is 0 Å². The van der Waals surface area contributed by atoms with E-state index in [0.717, 1.165) is 5.39 Å². The first kappa shape index (κ1) is 9.72. The summed E-state index contributed by atoms with van der Waals surface area (Å²) in [6.07, 6.45) is 0. The maximum atomic E-state index is 13.0.